The molecule has 0 saturated carbocycles. The van der Waals surface area contributed by atoms with Gasteiger partial charge in [0.1, 0.15) is 0 Å². The van der Waals surface area contributed by atoms with Crippen molar-refractivity contribution in [3.05, 3.63) is 32.4 Å². The fourth-order valence-electron chi connectivity index (χ4n) is 1.78. The van der Waals surface area contributed by atoms with E-state index in [2.05, 4.69) is 22.6 Å². The average molecular weight is 351 g/mol. The molecule has 0 unspecified atom stereocenters. The molecule has 0 aliphatic carbocycles. The van der Waals surface area contributed by atoms with Gasteiger partial charge in [-0.1, -0.05) is 11.6 Å². The highest BCUT2D eigenvalue weighted by atomic mass is 127. The van der Waals surface area contributed by atoms with Gasteiger partial charge in [-0.3, -0.25) is 4.79 Å². The normalized spacial score (nSPS) is 20.2. The Balaban J connectivity index is 2.18. The van der Waals surface area contributed by atoms with Crippen molar-refractivity contribution in [1.82, 2.24) is 4.90 Å². The van der Waals surface area contributed by atoms with Crippen molar-refractivity contribution in [1.29, 1.82) is 0 Å². The molecule has 1 aromatic carbocycles. The van der Waals surface area contributed by atoms with Crippen LogP contribution in [0.5, 0.6) is 0 Å². The second kappa shape index (κ2) is 4.89. The minimum atomic E-state index is 0.0440. The van der Waals surface area contributed by atoms with Gasteiger partial charge in [-0.05, 0) is 47.2 Å². The Morgan fingerprint density at radius 1 is 1.56 bits per heavy atom. The molecule has 1 heterocycles. The van der Waals surface area contributed by atoms with E-state index in [1.165, 1.54) is 0 Å². The zero-order valence-corrected chi connectivity index (χ0v) is 11.5. The molecule has 0 radical (unpaired) electrons. The summed E-state index contributed by atoms with van der Waals surface area (Å²) in [6.45, 7) is 1.40. The summed E-state index contributed by atoms with van der Waals surface area (Å²) in [5.41, 5.74) is 6.46. The predicted molar refractivity (Wildman–Crippen MR) is 72.7 cm³/mol. The first-order valence-corrected chi connectivity index (χ1v) is 6.53. The van der Waals surface area contributed by atoms with Crippen molar-refractivity contribution in [2.24, 2.45) is 5.73 Å². The molecule has 1 aromatic rings. The maximum absolute atomic E-state index is 12.1. The number of nitrogens with two attached hydrogens (primary N) is 1. The Labute approximate surface area is 113 Å². The van der Waals surface area contributed by atoms with Crippen LogP contribution in [0.3, 0.4) is 0 Å². The second-order valence-corrected chi connectivity index (χ2v) is 5.50. The molecule has 0 bridgehead atoms. The van der Waals surface area contributed by atoms with Crippen LogP contribution in [-0.4, -0.2) is 29.9 Å². The lowest BCUT2D eigenvalue weighted by atomic mass is 10.2. The third-order valence-electron chi connectivity index (χ3n) is 2.68. The number of hydrogen-bond donors (Lipinski definition) is 1. The summed E-state index contributed by atoms with van der Waals surface area (Å²) in [6.07, 6.45) is 0.885. The second-order valence-electron chi connectivity index (χ2n) is 3.93. The molecule has 0 spiro atoms. The van der Waals surface area contributed by atoms with Gasteiger partial charge in [0.15, 0.2) is 0 Å². The van der Waals surface area contributed by atoms with E-state index >= 15 is 0 Å². The predicted octanol–water partition coefficient (Wildman–Crippen LogP) is 2.12. The molecule has 2 rings (SSSR count). The lowest BCUT2D eigenvalue weighted by molar-refractivity contribution is 0.0791. The molecule has 1 aliphatic heterocycles. The van der Waals surface area contributed by atoms with E-state index < -0.39 is 0 Å². The Morgan fingerprint density at radius 2 is 2.31 bits per heavy atom. The third-order valence-corrected chi connectivity index (χ3v) is 4.22. The Kier molecular flexibility index (Phi) is 3.71. The van der Waals surface area contributed by atoms with Gasteiger partial charge in [-0.2, -0.15) is 0 Å². The highest BCUT2D eigenvalue weighted by Crippen LogP contribution is 2.21. The number of carbonyl (C=O) groups excluding carboxylic acids is 1. The van der Waals surface area contributed by atoms with E-state index in [9.17, 15) is 4.79 Å². The molecule has 2 N–H and O–H groups in total. The number of hydrogen-bond acceptors (Lipinski definition) is 2. The molecule has 1 fully saturated rings. The monoisotopic (exact) mass is 350 g/mol. The van der Waals surface area contributed by atoms with Crippen molar-refractivity contribution in [3.8, 4) is 0 Å². The zero-order chi connectivity index (χ0) is 11.7. The summed E-state index contributed by atoms with van der Waals surface area (Å²) in [4.78, 5) is 13.9. The molecule has 3 nitrogen and oxygen atoms in total. The van der Waals surface area contributed by atoms with Gasteiger partial charge < -0.3 is 10.6 Å². The minimum absolute atomic E-state index is 0.0440. The topological polar surface area (TPSA) is 46.3 Å². The van der Waals surface area contributed by atoms with Gasteiger partial charge >= 0.3 is 0 Å². The van der Waals surface area contributed by atoms with Gasteiger partial charge in [0.2, 0.25) is 0 Å². The Morgan fingerprint density at radius 3 is 2.88 bits per heavy atom. The molecule has 1 saturated heterocycles. The van der Waals surface area contributed by atoms with Crippen molar-refractivity contribution in [3.63, 3.8) is 0 Å². The Bertz CT molecular complexity index is 424. The molecular weight excluding hydrogens is 338 g/mol. The first kappa shape index (κ1) is 12.1. The summed E-state index contributed by atoms with van der Waals surface area (Å²) < 4.78 is 0.897. The SMILES string of the molecule is N[C@@H]1CCN(C(=O)c2ccc(Cl)c(I)c2)C1. The minimum Gasteiger partial charge on any atom is -0.337 e. The number of halogens is 2. The van der Waals surface area contributed by atoms with Crippen LogP contribution in [-0.2, 0) is 0 Å². The number of amides is 1. The number of rotatable bonds is 1. The van der Waals surface area contributed by atoms with E-state index in [4.69, 9.17) is 17.3 Å². The maximum Gasteiger partial charge on any atom is 0.253 e. The van der Waals surface area contributed by atoms with Crippen molar-refractivity contribution >= 4 is 40.1 Å². The fourth-order valence-corrected chi connectivity index (χ4v) is 2.42. The number of likely N-dealkylation sites (tertiary alicyclic amines) is 1. The summed E-state index contributed by atoms with van der Waals surface area (Å²) >= 11 is 8.04. The summed E-state index contributed by atoms with van der Waals surface area (Å²) in [5, 5.41) is 0.676. The van der Waals surface area contributed by atoms with Crippen LogP contribution < -0.4 is 5.73 Å². The molecule has 16 heavy (non-hydrogen) atoms. The molecular formula is C11H12ClIN2O. The first-order valence-electron chi connectivity index (χ1n) is 5.08. The lowest BCUT2D eigenvalue weighted by Gasteiger charge is -2.16. The summed E-state index contributed by atoms with van der Waals surface area (Å²) in [7, 11) is 0. The lowest BCUT2D eigenvalue weighted by Crippen LogP contribution is -2.31. The van der Waals surface area contributed by atoms with Crippen LogP contribution in [0.1, 0.15) is 16.8 Å². The highest BCUT2D eigenvalue weighted by Gasteiger charge is 2.24. The molecule has 86 valence electrons. The van der Waals surface area contributed by atoms with E-state index in [-0.39, 0.29) is 11.9 Å². The van der Waals surface area contributed by atoms with E-state index in [1.54, 1.807) is 17.0 Å². The zero-order valence-electron chi connectivity index (χ0n) is 8.62. The smallest absolute Gasteiger partial charge is 0.253 e. The summed E-state index contributed by atoms with van der Waals surface area (Å²) in [5.74, 6) is 0.0440. The Hall–Kier alpha value is -0.330. The standard InChI is InChI=1S/C11H12ClIN2O/c12-9-2-1-7(5-10(9)13)11(16)15-4-3-8(14)6-15/h1-2,5,8H,3-4,6,14H2/t8-/m1/s1. The summed E-state index contributed by atoms with van der Waals surface area (Å²) in [6, 6.07) is 5.45. The van der Waals surface area contributed by atoms with Gasteiger partial charge in [-0.15, -0.1) is 0 Å². The number of nitrogens with zero attached hydrogens (tertiary/aromatic N) is 1. The number of carbonyl (C=O) groups is 1. The van der Waals surface area contributed by atoms with Crippen molar-refractivity contribution in [2.45, 2.75) is 12.5 Å². The molecule has 5 heteroatoms. The van der Waals surface area contributed by atoms with Crippen LogP contribution in [0.2, 0.25) is 5.02 Å². The highest BCUT2D eigenvalue weighted by molar-refractivity contribution is 14.1. The van der Waals surface area contributed by atoms with Crippen LogP contribution in [0.25, 0.3) is 0 Å². The van der Waals surface area contributed by atoms with Crippen LogP contribution in [0.15, 0.2) is 18.2 Å². The van der Waals surface area contributed by atoms with Crippen LogP contribution >= 0.6 is 34.2 Å². The van der Waals surface area contributed by atoms with Crippen molar-refractivity contribution < 1.29 is 4.79 Å². The molecule has 1 aliphatic rings. The van der Waals surface area contributed by atoms with Crippen molar-refractivity contribution in [2.75, 3.05) is 13.1 Å². The van der Waals surface area contributed by atoms with Gasteiger partial charge in [-0.25, -0.2) is 0 Å². The molecule has 0 aromatic heterocycles. The third kappa shape index (κ3) is 2.49. The average Bonchev–Trinajstić information content (AvgIpc) is 2.68. The van der Waals surface area contributed by atoms with Gasteiger partial charge in [0.25, 0.3) is 5.91 Å². The maximum atomic E-state index is 12.1. The van der Waals surface area contributed by atoms with E-state index in [0.717, 1.165) is 16.5 Å². The van der Waals surface area contributed by atoms with Crippen LogP contribution in [0, 0.1) is 3.57 Å². The number of benzene rings is 1. The fraction of sp³-hybridized carbons (Fsp3) is 0.364. The van der Waals surface area contributed by atoms with E-state index in [1.807, 2.05) is 6.07 Å². The largest absolute Gasteiger partial charge is 0.337 e. The van der Waals surface area contributed by atoms with Crippen LogP contribution in [0.4, 0.5) is 0 Å². The molecule has 1 amide bonds. The quantitative estimate of drug-likeness (QED) is 0.789. The van der Waals surface area contributed by atoms with E-state index in [0.29, 0.717) is 17.1 Å². The van der Waals surface area contributed by atoms with Gasteiger partial charge in [0.05, 0.1) is 5.02 Å². The first-order chi connectivity index (χ1) is 7.58. The van der Waals surface area contributed by atoms with Gasteiger partial charge in [0, 0.05) is 28.3 Å². The molecule has 1 atom stereocenters.